The monoisotopic (exact) mass is 475 g/mol. The third-order valence-corrected chi connectivity index (χ3v) is 4.75. The maximum atomic E-state index is 5.48. The highest BCUT2D eigenvalue weighted by molar-refractivity contribution is 9.11. The van der Waals surface area contributed by atoms with Gasteiger partial charge in [0.25, 0.3) is 0 Å². The Morgan fingerprint density at radius 2 is 1.71 bits per heavy atom. The Hall–Kier alpha value is -0.520. The van der Waals surface area contributed by atoms with Gasteiger partial charge in [-0.2, -0.15) is 0 Å². The molecule has 1 N–H and O–H groups in total. The summed E-state index contributed by atoms with van der Waals surface area (Å²) in [7, 11) is 1.69. The van der Waals surface area contributed by atoms with E-state index in [0.717, 1.165) is 36.8 Å². The Morgan fingerprint density at radius 1 is 1.00 bits per heavy atom. The third kappa shape index (κ3) is 4.24. The van der Waals surface area contributed by atoms with E-state index in [-0.39, 0.29) is 0 Å². The van der Waals surface area contributed by atoms with Crippen LogP contribution in [0, 0.1) is 0 Å². The minimum atomic E-state index is 0.704. The highest BCUT2D eigenvalue weighted by Gasteiger charge is 2.10. The number of rotatable bonds is 5. The average Bonchev–Trinajstić information content (AvgIpc) is 2.45. The van der Waals surface area contributed by atoms with E-state index in [2.05, 4.69) is 84.3 Å². The van der Waals surface area contributed by atoms with Gasteiger partial charge in [0, 0.05) is 26.7 Å². The average molecular weight is 478 g/mol. The number of anilines is 1. The first-order valence-electron chi connectivity index (χ1n) is 6.59. The Kier molecular flexibility index (Phi) is 6.14. The van der Waals surface area contributed by atoms with Gasteiger partial charge in [0.05, 0.1) is 11.6 Å². The van der Waals surface area contributed by atoms with Gasteiger partial charge >= 0.3 is 0 Å². The van der Waals surface area contributed by atoms with Crippen LogP contribution in [0.3, 0.4) is 0 Å². The Bertz CT molecular complexity index is 644. The topological polar surface area (TPSA) is 21.3 Å². The fourth-order valence-electron chi connectivity index (χ4n) is 2.19. The van der Waals surface area contributed by atoms with Crippen molar-refractivity contribution in [2.24, 2.45) is 0 Å². The number of ether oxygens (including phenoxy) is 1. The van der Waals surface area contributed by atoms with Gasteiger partial charge in [-0.25, -0.2) is 0 Å². The van der Waals surface area contributed by atoms with Crippen molar-refractivity contribution in [2.75, 3.05) is 12.4 Å². The molecular weight excluding hydrogens is 462 g/mol. The summed E-state index contributed by atoms with van der Waals surface area (Å²) in [5.41, 5.74) is 3.54. The highest BCUT2D eigenvalue weighted by Crippen LogP contribution is 2.33. The van der Waals surface area contributed by atoms with E-state index >= 15 is 0 Å². The molecule has 0 bridgehead atoms. The van der Waals surface area contributed by atoms with Crippen LogP contribution in [0.5, 0.6) is 5.75 Å². The number of halogens is 3. The summed E-state index contributed by atoms with van der Waals surface area (Å²) >= 11 is 10.6. The number of aryl methyl sites for hydroxylation is 1. The van der Waals surface area contributed by atoms with Crippen LogP contribution in [0.25, 0.3) is 0 Å². The lowest BCUT2D eigenvalue weighted by atomic mass is 10.1. The van der Waals surface area contributed by atoms with Crippen molar-refractivity contribution in [1.82, 2.24) is 0 Å². The summed E-state index contributed by atoms with van der Waals surface area (Å²) in [6.07, 6.45) is 0.987. The number of nitrogens with one attached hydrogen (secondary N) is 1. The molecule has 2 aromatic rings. The molecule has 2 aromatic carbocycles. The van der Waals surface area contributed by atoms with Crippen LogP contribution in [0.4, 0.5) is 5.69 Å². The molecule has 0 aliphatic rings. The SMILES string of the molecule is CCc1cc(Br)ccc1NCc1cc(Br)cc(Br)c1OC. The molecular formula is C16H16Br3NO. The Labute approximate surface area is 150 Å². The lowest BCUT2D eigenvalue weighted by Gasteiger charge is -2.15. The standard InChI is InChI=1S/C16H16Br3NO/c1-3-10-6-12(17)4-5-15(10)20-9-11-7-13(18)8-14(19)16(11)21-2/h4-8,20H,3,9H2,1-2H3. The smallest absolute Gasteiger partial charge is 0.138 e. The summed E-state index contributed by atoms with van der Waals surface area (Å²) in [6.45, 7) is 2.86. The predicted octanol–water partition coefficient (Wildman–Crippen LogP) is 6.16. The molecule has 5 heteroatoms. The van der Waals surface area contributed by atoms with Gasteiger partial charge in [0.1, 0.15) is 5.75 Å². The van der Waals surface area contributed by atoms with Crippen LogP contribution < -0.4 is 10.1 Å². The van der Waals surface area contributed by atoms with Crippen molar-refractivity contribution in [3.8, 4) is 5.75 Å². The molecule has 0 saturated carbocycles. The molecule has 0 saturated heterocycles. The molecule has 0 unspecified atom stereocenters. The molecule has 2 nitrogen and oxygen atoms in total. The van der Waals surface area contributed by atoms with Crippen LogP contribution in [-0.4, -0.2) is 7.11 Å². The quantitative estimate of drug-likeness (QED) is 0.557. The first-order valence-corrected chi connectivity index (χ1v) is 8.97. The molecule has 0 aromatic heterocycles. The van der Waals surface area contributed by atoms with E-state index in [0.29, 0.717) is 6.54 Å². The number of methoxy groups -OCH3 is 1. The van der Waals surface area contributed by atoms with Crippen molar-refractivity contribution < 1.29 is 4.74 Å². The molecule has 21 heavy (non-hydrogen) atoms. The summed E-state index contributed by atoms with van der Waals surface area (Å²) in [6, 6.07) is 10.4. The van der Waals surface area contributed by atoms with Gasteiger partial charge in [0.2, 0.25) is 0 Å². The Morgan fingerprint density at radius 3 is 2.38 bits per heavy atom. The molecule has 0 aliphatic carbocycles. The van der Waals surface area contributed by atoms with E-state index in [1.165, 1.54) is 5.56 Å². The second-order valence-electron chi connectivity index (χ2n) is 4.59. The van der Waals surface area contributed by atoms with Gasteiger partial charge in [0.15, 0.2) is 0 Å². The van der Waals surface area contributed by atoms with Crippen LogP contribution in [0.2, 0.25) is 0 Å². The minimum absolute atomic E-state index is 0.704. The molecule has 0 aliphatic heterocycles. The summed E-state index contributed by atoms with van der Waals surface area (Å²) in [5.74, 6) is 0.862. The van der Waals surface area contributed by atoms with E-state index in [4.69, 9.17) is 4.74 Å². The van der Waals surface area contributed by atoms with Gasteiger partial charge in [-0.1, -0.05) is 38.8 Å². The van der Waals surface area contributed by atoms with Crippen molar-refractivity contribution >= 4 is 53.5 Å². The first-order chi connectivity index (χ1) is 10.0. The van der Waals surface area contributed by atoms with E-state index in [9.17, 15) is 0 Å². The van der Waals surface area contributed by atoms with Gasteiger partial charge < -0.3 is 10.1 Å². The zero-order chi connectivity index (χ0) is 15.4. The maximum Gasteiger partial charge on any atom is 0.138 e. The molecule has 0 spiro atoms. The molecule has 112 valence electrons. The zero-order valence-corrected chi connectivity index (χ0v) is 16.6. The maximum absolute atomic E-state index is 5.48. The van der Waals surface area contributed by atoms with E-state index in [1.54, 1.807) is 7.11 Å². The van der Waals surface area contributed by atoms with E-state index < -0.39 is 0 Å². The molecule has 0 fully saturated rings. The highest BCUT2D eigenvalue weighted by atomic mass is 79.9. The van der Waals surface area contributed by atoms with Crippen molar-refractivity contribution in [1.29, 1.82) is 0 Å². The van der Waals surface area contributed by atoms with Crippen molar-refractivity contribution in [3.63, 3.8) is 0 Å². The van der Waals surface area contributed by atoms with Crippen LogP contribution in [0.1, 0.15) is 18.1 Å². The largest absolute Gasteiger partial charge is 0.495 e. The van der Waals surface area contributed by atoms with Gasteiger partial charge in [-0.15, -0.1) is 0 Å². The fraction of sp³-hybridized carbons (Fsp3) is 0.250. The molecule has 0 amide bonds. The van der Waals surface area contributed by atoms with Gasteiger partial charge in [-0.3, -0.25) is 0 Å². The molecule has 2 rings (SSSR count). The van der Waals surface area contributed by atoms with Crippen molar-refractivity contribution in [3.05, 3.63) is 54.9 Å². The fourth-order valence-corrected chi connectivity index (χ4v) is 4.08. The van der Waals surface area contributed by atoms with Gasteiger partial charge in [-0.05, 0) is 58.2 Å². The summed E-state index contributed by atoms with van der Waals surface area (Å²) < 4.78 is 8.56. The molecule has 0 heterocycles. The van der Waals surface area contributed by atoms with Crippen molar-refractivity contribution in [2.45, 2.75) is 19.9 Å². The zero-order valence-electron chi connectivity index (χ0n) is 11.8. The molecule has 0 atom stereocenters. The lowest BCUT2D eigenvalue weighted by Crippen LogP contribution is -2.04. The number of hydrogen-bond acceptors (Lipinski definition) is 2. The van der Waals surface area contributed by atoms with Crippen LogP contribution >= 0.6 is 47.8 Å². The summed E-state index contributed by atoms with van der Waals surface area (Å²) in [4.78, 5) is 0. The predicted molar refractivity (Wildman–Crippen MR) is 99.2 cm³/mol. The van der Waals surface area contributed by atoms with Crippen LogP contribution in [0.15, 0.2) is 43.7 Å². The third-order valence-electron chi connectivity index (χ3n) is 3.21. The van der Waals surface area contributed by atoms with E-state index in [1.807, 2.05) is 6.07 Å². The second-order valence-corrected chi connectivity index (χ2v) is 7.27. The van der Waals surface area contributed by atoms with Crippen LogP contribution in [-0.2, 0) is 13.0 Å². The normalized spacial score (nSPS) is 10.5. The second kappa shape index (κ2) is 7.65. The minimum Gasteiger partial charge on any atom is -0.495 e. The number of benzene rings is 2. The lowest BCUT2D eigenvalue weighted by molar-refractivity contribution is 0.407. The number of hydrogen-bond donors (Lipinski definition) is 1. The Balaban J connectivity index is 2.24. The molecule has 0 radical (unpaired) electrons. The summed E-state index contributed by atoms with van der Waals surface area (Å²) in [5, 5.41) is 3.49. The first kappa shape index (κ1) is 16.8.